The summed E-state index contributed by atoms with van der Waals surface area (Å²) in [6.45, 7) is 5.90. The Morgan fingerprint density at radius 2 is 1.30 bits per heavy atom. The van der Waals surface area contributed by atoms with Gasteiger partial charge in [0.2, 0.25) is 0 Å². The molecule has 7 heteroatoms. The molecule has 0 radical (unpaired) electrons. The van der Waals surface area contributed by atoms with E-state index in [9.17, 15) is 9.13 Å². The van der Waals surface area contributed by atoms with Crippen LogP contribution in [-0.4, -0.2) is 13.2 Å². The van der Waals surface area contributed by atoms with E-state index in [0.717, 1.165) is 0 Å². The summed E-state index contributed by atoms with van der Waals surface area (Å²) in [5, 5.41) is 4.31. The largest absolute Gasteiger partial charge is 0.432 e. The fraction of sp³-hybridized carbons (Fsp3) is 0.300. The van der Waals surface area contributed by atoms with Crippen LogP contribution in [0, 0.1) is 0 Å². The number of nitrogens with one attached hydrogen (secondary N) is 1. The van der Waals surface area contributed by atoms with Crippen molar-refractivity contribution in [2.24, 2.45) is 0 Å². The van der Waals surface area contributed by atoms with Crippen molar-refractivity contribution < 1.29 is 18.2 Å². The highest BCUT2D eigenvalue weighted by atomic mass is 31.2. The summed E-state index contributed by atoms with van der Waals surface area (Å²) in [7, 11) is -6.58. The molecule has 5 nitrogen and oxygen atoms in total. The van der Waals surface area contributed by atoms with Gasteiger partial charge in [-0.25, -0.2) is 4.57 Å². The Kier molecular flexibility index (Phi) is 8.07. The molecule has 0 bridgehead atoms. The molecule has 27 heavy (non-hydrogen) atoms. The highest BCUT2D eigenvalue weighted by Crippen LogP contribution is 2.49. The van der Waals surface area contributed by atoms with Crippen molar-refractivity contribution in [3.05, 3.63) is 72.2 Å². The first kappa shape index (κ1) is 21.7. The monoisotopic (exact) mass is 407 g/mol. The summed E-state index contributed by atoms with van der Waals surface area (Å²) in [5.41, 5.74) is 0.566. The first-order valence-electron chi connectivity index (χ1n) is 9.07. The van der Waals surface area contributed by atoms with Crippen LogP contribution in [0.25, 0.3) is 0 Å². The minimum absolute atomic E-state index is 0.246. The van der Waals surface area contributed by atoms with E-state index in [4.69, 9.17) is 9.05 Å². The molecule has 2 aromatic rings. The first-order chi connectivity index (χ1) is 13.0. The van der Waals surface area contributed by atoms with E-state index in [-0.39, 0.29) is 13.2 Å². The quantitative estimate of drug-likeness (QED) is 0.560. The van der Waals surface area contributed by atoms with E-state index in [1.54, 1.807) is 19.7 Å². The predicted octanol–water partition coefficient (Wildman–Crippen LogP) is 5.02. The van der Waals surface area contributed by atoms with E-state index in [2.05, 4.69) is 5.09 Å². The summed E-state index contributed by atoms with van der Waals surface area (Å²) < 4.78 is 37.6. The topological polar surface area (TPSA) is 64.6 Å². The zero-order valence-electron chi connectivity index (χ0n) is 16.0. The molecule has 0 heterocycles. The van der Waals surface area contributed by atoms with Gasteiger partial charge in [0.15, 0.2) is 7.14 Å². The number of hydrogen-bond acceptors (Lipinski definition) is 4. The second-order valence-corrected chi connectivity index (χ2v) is 10.1. The van der Waals surface area contributed by atoms with Crippen LogP contribution in [0.3, 0.4) is 0 Å². The third-order valence-corrected chi connectivity index (χ3v) is 8.44. The lowest BCUT2D eigenvalue weighted by Crippen LogP contribution is -2.18. The van der Waals surface area contributed by atoms with Gasteiger partial charge in [0.05, 0.1) is 13.2 Å². The summed E-state index contributed by atoms with van der Waals surface area (Å²) >= 11 is 0. The molecule has 1 N–H and O–H groups in total. The van der Waals surface area contributed by atoms with Crippen molar-refractivity contribution in [1.82, 2.24) is 5.09 Å². The van der Waals surface area contributed by atoms with Crippen LogP contribution < -0.4 is 15.7 Å². The zero-order valence-corrected chi connectivity index (χ0v) is 17.8. The maximum absolute atomic E-state index is 14.1. The number of rotatable bonds is 10. The lowest BCUT2D eigenvalue weighted by atomic mass is 10.4. The smallest absolute Gasteiger partial charge is 0.309 e. The summed E-state index contributed by atoms with van der Waals surface area (Å²) in [4.78, 5) is 0. The third kappa shape index (κ3) is 5.67. The van der Waals surface area contributed by atoms with Crippen molar-refractivity contribution in [2.45, 2.75) is 27.2 Å². The second-order valence-electron chi connectivity index (χ2n) is 5.78. The molecule has 0 atom stereocenters. The Morgan fingerprint density at radius 1 is 0.852 bits per heavy atom. The van der Waals surface area contributed by atoms with Crippen molar-refractivity contribution in [3.8, 4) is 0 Å². The van der Waals surface area contributed by atoms with Gasteiger partial charge >= 0.3 is 7.75 Å². The molecule has 0 aliphatic rings. The molecule has 146 valence electrons. The van der Waals surface area contributed by atoms with Crippen LogP contribution in [0.15, 0.2) is 72.2 Å². The van der Waals surface area contributed by atoms with Crippen molar-refractivity contribution in [3.63, 3.8) is 0 Å². The lowest BCUT2D eigenvalue weighted by Gasteiger charge is -2.22. The van der Waals surface area contributed by atoms with Gasteiger partial charge in [0, 0.05) is 22.1 Å². The van der Waals surface area contributed by atoms with E-state index in [1.165, 1.54) is 0 Å². The molecule has 2 aromatic carbocycles. The van der Waals surface area contributed by atoms with Gasteiger partial charge in [-0.05, 0) is 20.3 Å². The SMILES string of the molecule is CCOP(=O)(N/C(=C\P(=O)(c1ccccc1)c1ccccc1)CC)OCC. The first-order valence-corrected chi connectivity index (χ1v) is 12.4. The Bertz CT molecular complexity index is 784. The molecule has 0 saturated heterocycles. The van der Waals surface area contributed by atoms with Crippen LogP contribution in [0.4, 0.5) is 0 Å². The number of hydrogen-bond donors (Lipinski definition) is 1. The molecule has 2 rings (SSSR count). The maximum Gasteiger partial charge on any atom is 0.432 e. The van der Waals surface area contributed by atoms with Gasteiger partial charge in [-0.3, -0.25) is 14.1 Å². The zero-order chi connectivity index (χ0) is 19.8. The molecule has 0 fully saturated rings. The lowest BCUT2D eigenvalue weighted by molar-refractivity contribution is 0.213. The summed E-state index contributed by atoms with van der Waals surface area (Å²) in [6.07, 6.45) is 0.508. The Morgan fingerprint density at radius 3 is 1.67 bits per heavy atom. The van der Waals surface area contributed by atoms with Crippen LogP contribution in [0.2, 0.25) is 0 Å². The average molecular weight is 407 g/mol. The third-order valence-electron chi connectivity index (χ3n) is 3.88. The molecule has 0 unspecified atom stereocenters. The minimum Gasteiger partial charge on any atom is -0.309 e. The second kappa shape index (κ2) is 10.1. The normalized spacial score (nSPS) is 12.8. The number of benzene rings is 2. The molecule has 0 aromatic heterocycles. The van der Waals surface area contributed by atoms with Crippen molar-refractivity contribution >= 4 is 25.5 Å². The molecular formula is C20H27NO4P2. The van der Waals surface area contributed by atoms with Gasteiger partial charge in [0.1, 0.15) is 0 Å². The number of allylic oxidation sites excluding steroid dienone is 1. The van der Waals surface area contributed by atoms with Crippen LogP contribution >= 0.6 is 14.9 Å². The summed E-state index contributed by atoms with van der Waals surface area (Å²) in [5.74, 6) is 1.68. The van der Waals surface area contributed by atoms with Crippen molar-refractivity contribution in [2.75, 3.05) is 13.2 Å². The molecule has 0 saturated carbocycles. The Labute approximate surface area is 161 Å². The van der Waals surface area contributed by atoms with E-state index >= 15 is 0 Å². The Hall–Kier alpha value is -1.64. The van der Waals surface area contributed by atoms with Crippen LogP contribution in [-0.2, 0) is 18.2 Å². The highest BCUT2D eigenvalue weighted by Gasteiger charge is 2.29. The molecule has 0 amide bonds. The fourth-order valence-electron chi connectivity index (χ4n) is 2.63. The van der Waals surface area contributed by atoms with Gasteiger partial charge in [-0.2, -0.15) is 0 Å². The molecule has 0 spiro atoms. The van der Waals surface area contributed by atoms with Crippen LogP contribution in [0.5, 0.6) is 0 Å². The average Bonchev–Trinajstić information content (AvgIpc) is 2.69. The molecule has 0 aliphatic heterocycles. The standard InChI is InChI=1S/C20H27NO4P2/c1-4-18(21-27(23,24-5-2)25-6-3)17-26(22,19-13-9-7-10-14-19)20-15-11-8-12-16-20/h7-17H,4-6H2,1-3H3,(H,21,23)/b18-17-. The van der Waals surface area contributed by atoms with Crippen molar-refractivity contribution in [1.29, 1.82) is 0 Å². The minimum atomic E-state index is -3.50. The van der Waals surface area contributed by atoms with Gasteiger partial charge in [0.25, 0.3) is 0 Å². The maximum atomic E-state index is 14.1. The summed E-state index contributed by atoms with van der Waals surface area (Å²) in [6, 6.07) is 18.6. The Balaban J connectivity index is 2.52. The highest BCUT2D eigenvalue weighted by molar-refractivity contribution is 7.81. The van der Waals surface area contributed by atoms with Gasteiger partial charge < -0.3 is 4.57 Å². The van der Waals surface area contributed by atoms with E-state index < -0.39 is 14.9 Å². The predicted molar refractivity (Wildman–Crippen MR) is 112 cm³/mol. The van der Waals surface area contributed by atoms with Gasteiger partial charge in [-0.15, -0.1) is 0 Å². The van der Waals surface area contributed by atoms with E-state index in [0.29, 0.717) is 22.7 Å². The van der Waals surface area contributed by atoms with Crippen LogP contribution in [0.1, 0.15) is 27.2 Å². The molecule has 0 aliphatic carbocycles. The molecular weight excluding hydrogens is 380 g/mol. The fourth-order valence-corrected chi connectivity index (χ4v) is 6.71. The van der Waals surface area contributed by atoms with E-state index in [1.807, 2.05) is 67.6 Å². The van der Waals surface area contributed by atoms with Gasteiger partial charge in [-0.1, -0.05) is 67.6 Å².